The van der Waals surface area contributed by atoms with Crippen LogP contribution in [0.4, 0.5) is 5.13 Å². The van der Waals surface area contributed by atoms with Gasteiger partial charge in [-0.2, -0.15) is 4.98 Å². The molecule has 3 rings (SSSR count). The van der Waals surface area contributed by atoms with E-state index in [-0.39, 0.29) is 5.91 Å². The van der Waals surface area contributed by atoms with Crippen molar-refractivity contribution >= 4 is 28.3 Å². The Morgan fingerprint density at radius 2 is 2.12 bits per heavy atom. The monoisotopic (exact) mass is 343 g/mol. The summed E-state index contributed by atoms with van der Waals surface area (Å²) in [5, 5.41) is 4.18. The minimum Gasteiger partial charge on any atom is -0.360 e. The van der Waals surface area contributed by atoms with E-state index in [0.717, 1.165) is 22.9 Å². The van der Waals surface area contributed by atoms with E-state index in [0.29, 0.717) is 17.3 Å². The Kier molecular flexibility index (Phi) is 4.53. The average molecular weight is 343 g/mol. The van der Waals surface area contributed by atoms with E-state index in [1.807, 2.05) is 34.3 Å². The van der Waals surface area contributed by atoms with Crippen LogP contribution in [0.25, 0.3) is 17.0 Å². The SMILES string of the molecule is CC(C)CNc1nc2nc(-c3cccc(C(=O)N(C)C)c3)cn2s1. The summed E-state index contributed by atoms with van der Waals surface area (Å²) in [6, 6.07) is 7.52. The number of fused-ring (bicyclic) bond motifs is 1. The van der Waals surface area contributed by atoms with Crippen LogP contribution in [0.5, 0.6) is 0 Å². The fraction of sp³-hybridized carbons (Fsp3) is 0.353. The van der Waals surface area contributed by atoms with Gasteiger partial charge < -0.3 is 10.2 Å². The number of anilines is 1. The maximum absolute atomic E-state index is 12.1. The topological polar surface area (TPSA) is 62.5 Å². The number of imidazole rings is 1. The molecule has 0 saturated carbocycles. The Morgan fingerprint density at radius 3 is 2.79 bits per heavy atom. The molecule has 3 aromatic rings. The first-order valence-electron chi connectivity index (χ1n) is 7.86. The van der Waals surface area contributed by atoms with Crippen LogP contribution in [-0.4, -0.2) is 45.2 Å². The van der Waals surface area contributed by atoms with Crippen molar-refractivity contribution in [1.29, 1.82) is 0 Å². The molecule has 2 aromatic heterocycles. The molecule has 1 aromatic carbocycles. The second-order valence-corrected chi connectivity index (χ2v) is 7.28. The lowest BCUT2D eigenvalue weighted by molar-refractivity contribution is 0.0827. The molecule has 6 nitrogen and oxygen atoms in total. The minimum atomic E-state index is -0.0174. The molecular weight excluding hydrogens is 322 g/mol. The van der Waals surface area contributed by atoms with Crippen molar-refractivity contribution in [1.82, 2.24) is 18.7 Å². The molecule has 24 heavy (non-hydrogen) atoms. The minimum absolute atomic E-state index is 0.0174. The van der Waals surface area contributed by atoms with Crippen LogP contribution in [0.2, 0.25) is 0 Å². The zero-order chi connectivity index (χ0) is 17.3. The molecule has 0 aliphatic rings. The van der Waals surface area contributed by atoms with E-state index in [2.05, 4.69) is 29.1 Å². The maximum atomic E-state index is 12.1. The van der Waals surface area contributed by atoms with Gasteiger partial charge in [-0.15, -0.1) is 0 Å². The van der Waals surface area contributed by atoms with Crippen molar-refractivity contribution in [3.8, 4) is 11.3 Å². The van der Waals surface area contributed by atoms with Crippen molar-refractivity contribution in [2.24, 2.45) is 5.92 Å². The summed E-state index contributed by atoms with van der Waals surface area (Å²) in [5.74, 6) is 1.22. The smallest absolute Gasteiger partial charge is 0.253 e. The van der Waals surface area contributed by atoms with Gasteiger partial charge in [0.2, 0.25) is 10.9 Å². The van der Waals surface area contributed by atoms with Crippen LogP contribution in [0.15, 0.2) is 30.5 Å². The van der Waals surface area contributed by atoms with Crippen molar-refractivity contribution in [2.45, 2.75) is 13.8 Å². The maximum Gasteiger partial charge on any atom is 0.253 e. The fourth-order valence-electron chi connectivity index (χ4n) is 2.27. The highest BCUT2D eigenvalue weighted by Crippen LogP contribution is 2.24. The van der Waals surface area contributed by atoms with Gasteiger partial charge in [0.1, 0.15) is 0 Å². The van der Waals surface area contributed by atoms with Gasteiger partial charge in [0.25, 0.3) is 5.91 Å². The van der Waals surface area contributed by atoms with Gasteiger partial charge in [-0.25, -0.2) is 8.77 Å². The quantitative estimate of drug-likeness (QED) is 0.772. The van der Waals surface area contributed by atoms with Crippen LogP contribution in [0.1, 0.15) is 24.2 Å². The first kappa shape index (κ1) is 16.4. The van der Waals surface area contributed by atoms with E-state index in [1.54, 1.807) is 19.0 Å². The lowest BCUT2D eigenvalue weighted by atomic mass is 10.1. The second kappa shape index (κ2) is 6.60. The Hall–Kier alpha value is -2.41. The number of benzene rings is 1. The molecule has 0 atom stereocenters. The van der Waals surface area contributed by atoms with Crippen LogP contribution in [0, 0.1) is 5.92 Å². The summed E-state index contributed by atoms with van der Waals surface area (Å²) in [5.41, 5.74) is 2.38. The Bertz CT molecular complexity index is 833. The fourth-order valence-corrected chi connectivity index (χ4v) is 3.05. The molecule has 7 heteroatoms. The number of nitrogens with zero attached hydrogens (tertiary/aromatic N) is 4. The summed E-state index contributed by atoms with van der Waals surface area (Å²) >= 11 is 1.53. The van der Waals surface area contributed by atoms with Gasteiger partial charge in [0, 0.05) is 31.8 Å². The van der Waals surface area contributed by atoms with E-state index < -0.39 is 0 Å². The van der Waals surface area contributed by atoms with Gasteiger partial charge in [0.15, 0.2) is 0 Å². The van der Waals surface area contributed by atoms with Gasteiger partial charge >= 0.3 is 0 Å². The molecule has 0 aliphatic carbocycles. The highest BCUT2D eigenvalue weighted by Gasteiger charge is 2.13. The zero-order valence-corrected chi connectivity index (χ0v) is 15.1. The molecule has 126 valence electrons. The molecule has 0 saturated heterocycles. The summed E-state index contributed by atoms with van der Waals surface area (Å²) < 4.78 is 1.94. The van der Waals surface area contributed by atoms with Crippen LogP contribution >= 0.6 is 11.5 Å². The molecule has 0 radical (unpaired) electrons. The van der Waals surface area contributed by atoms with Crippen molar-refractivity contribution < 1.29 is 4.79 Å². The largest absolute Gasteiger partial charge is 0.360 e. The molecular formula is C17H21N5OS. The highest BCUT2D eigenvalue weighted by molar-refractivity contribution is 7.10. The number of carbonyl (C=O) groups excluding carboxylic acids is 1. The zero-order valence-electron chi connectivity index (χ0n) is 14.3. The third kappa shape index (κ3) is 3.41. The average Bonchev–Trinajstić information content (AvgIpc) is 3.10. The molecule has 0 fully saturated rings. The number of amides is 1. The molecule has 0 unspecified atom stereocenters. The molecule has 1 N–H and O–H groups in total. The summed E-state index contributed by atoms with van der Waals surface area (Å²) in [4.78, 5) is 22.7. The van der Waals surface area contributed by atoms with Gasteiger partial charge in [0.05, 0.1) is 11.9 Å². The van der Waals surface area contributed by atoms with Gasteiger partial charge in [-0.05, 0) is 29.6 Å². The third-order valence-corrected chi connectivity index (χ3v) is 4.39. The molecule has 1 amide bonds. The lowest BCUT2D eigenvalue weighted by Gasteiger charge is -2.10. The summed E-state index contributed by atoms with van der Waals surface area (Å²) in [7, 11) is 3.49. The lowest BCUT2D eigenvalue weighted by Crippen LogP contribution is -2.21. The van der Waals surface area contributed by atoms with Gasteiger partial charge in [-0.1, -0.05) is 26.0 Å². The first-order chi connectivity index (χ1) is 11.4. The molecule has 0 bridgehead atoms. The first-order valence-corrected chi connectivity index (χ1v) is 8.64. The second-order valence-electron chi connectivity index (χ2n) is 6.32. The van der Waals surface area contributed by atoms with Crippen molar-refractivity contribution in [3.63, 3.8) is 0 Å². The number of carbonyl (C=O) groups is 1. The van der Waals surface area contributed by atoms with E-state index in [9.17, 15) is 4.79 Å². The van der Waals surface area contributed by atoms with Crippen LogP contribution < -0.4 is 5.32 Å². The van der Waals surface area contributed by atoms with Gasteiger partial charge in [-0.3, -0.25) is 4.79 Å². The Morgan fingerprint density at radius 1 is 1.33 bits per heavy atom. The number of rotatable bonds is 5. The summed E-state index contributed by atoms with van der Waals surface area (Å²) in [6.07, 6.45) is 1.95. The Labute approximate surface area is 145 Å². The Balaban J connectivity index is 1.86. The normalized spacial score (nSPS) is 11.2. The molecule has 2 heterocycles. The van der Waals surface area contributed by atoms with Crippen LogP contribution in [-0.2, 0) is 0 Å². The number of hydrogen-bond acceptors (Lipinski definition) is 5. The predicted molar refractivity (Wildman–Crippen MR) is 97.6 cm³/mol. The third-order valence-electron chi connectivity index (χ3n) is 3.52. The van der Waals surface area contributed by atoms with E-state index in [1.165, 1.54) is 11.5 Å². The van der Waals surface area contributed by atoms with E-state index in [4.69, 9.17) is 0 Å². The predicted octanol–water partition coefficient (Wildman–Crippen LogP) is 3.23. The van der Waals surface area contributed by atoms with Crippen LogP contribution in [0.3, 0.4) is 0 Å². The molecule has 0 aliphatic heterocycles. The number of hydrogen-bond donors (Lipinski definition) is 1. The molecule has 0 spiro atoms. The van der Waals surface area contributed by atoms with E-state index >= 15 is 0 Å². The van der Waals surface area contributed by atoms with Crippen molar-refractivity contribution in [2.75, 3.05) is 26.0 Å². The summed E-state index contributed by atoms with van der Waals surface area (Å²) in [6.45, 7) is 5.20. The van der Waals surface area contributed by atoms with Crippen molar-refractivity contribution in [3.05, 3.63) is 36.0 Å². The number of nitrogens with one attached hydrogen (secondary N) is 1. The highest BCUT2D eigenvalue weighted by atomic mass is 32.1. The number of aromatic nitrogens is 3. The standard InChI is InChI=1S/C17H21N5OS/c1-11(2)9-18-17-20-16-19-14(10-22(16)24-17)12-6-5-7-13(8-12)15(23)21(3)4/h5-8,10-11H,9H2,1-4H3,(H,18,19,20).